The Bertz CT molecular complexity index is 627. The molecule has 21 heavy (non-hydrogen) atoms. The third kappa shape index (κ3) is 3.81. The zero-order valence-corrected chi connectivity index (χ0v) is 12.7. The number of carbonyl (C=O) groups is 1. The molecule has 4 heteroatoms. The van der Waals surface area contributed by atoms with Crippen LogP contribution in [0.1, 0.15) is 25.8 Å². The van der Waals surface area contributed by atoms with Gasteiger partial charge in [-0.3, -0.25) is 14.7 Å². The molecule has 0 aromatic carbocycles. The van der Waals surface area contributed by atoms with Crippen LogP contribution in [0.2, 0.25) is 0 Å². The lowest BCUT2D eigenvalue weighted by molar-refractivity contribution is -0.117. The summed E-state index contributed by atoms with van der Waals surface area (Å²) in [7, 11) is 0. The number of anilines is 1. The molecule has 1 aliphatic rings. The minimum atomic E-state index is -0.190. The van der Waals surface area contributed by atoms with Crippen LogP contribution in [0.5, 0.6) is 0 Å². The maximum atomic E-state index is 12.5. The van der Waals surface area contributed by atoms with Gasteiger partial charge in [-0.2, -0.15) is 0 Å². The van der Waals surface area contributed by atoms with E-state index in [1.807, 2.05) is 37.4 Å². The van der Waals surface area contributed by atoms with Gasteiger partial charge in [-0.1, -0.05) is 32.1 Å². The second-order valence-corrected chi connectivity index (χ2v) is 5.80. The Morgan fingerprint density at radius 1 is 1.33 bits per heavy atom. The number of nitrogens with zero attached hydrogens (tertiary/aromatic N) is 2. The SMILES string of the molecule is Cc1ccncc1N1/C=C\C(C)(C)/C=C\C(N)=C/CC1=O. The number of amides is 1. The number of pyridine rings is 1. The van der Waals surface area contributed by atoms with Crippen LogP contribution in [0.15, 0.2) is 54.7 Å². The second kappa shape index (κ2) is 5.95. The van der Waals surface area contributed by atoms with Gasteiger partial charge in [-0.15, -0.1) is 0 Å². The van der Waals surface area contributed by atoms with Gasteiger partial charge in [-0.05, 0) is 24.6 Å². The summed E-state index contributed by atoms with van der Waals surface area (Å²) in [5, 5.41) is 0. The molecule has 2 rings (SSSR count). The summed E-state index contributed by atoms with van der Waals surface area (Å²) >= 11 is 0. The number of rotatable bonds is 1. The van der Waals surface area contributed by atoms with E-state index in [0.717, 1.165) is 11.3 Å². The zero-order chi connectivity index (χ0) is 15.5. The van der Waals surface area contributed by atoms with Crippen molar-refractivity contribution < 1.29 is 4.79 Å². The van der Waals surface area contributed by atoms with Gasteiger partial charge in [0.25, 0.3) is 0 Å². The van der Waals surface area contributed by atoms with E-state index < -0.39 is 0 Å². The van der Waals surface area contributed by atoms with Crippen molar-refractivity contribution in [3.8, 4) is 0 Å². The minimum Gasteiger partial charge on any atom is -0.399 e. The lowest BCUT2D eigenvalue weighted by Crippen LogP contribution is -2.26. The average molecular weight is 283 g/mol. The molecule has 0 saturated carbocycles. The van der Waals surface area contributed by atoms with Crippen molar-refractivity contribution in [1.29, 1.82) is 0 Å². The Hall–Kier alpha value is -2.36. The van der Waals surface area contributed by atoms with Crippen molar-refractivity contribution in [2.24, 2.45) is 11.1 Å². The summed E-state index contributed by atoms with van der Waals surface area (Å²) in [4.78, 5) is 18.2. The van der Waals surface area contributed by atoms with Crippen LogP contribution in [-0.4, -0.2) is 10.9 Å². The van der Waals surface area contributed by atoms with Gasteiger partial charge in [0.2, 0.25) is 5.91 Å². The molecule has 0 radical (unpaired) electrons. The minimum absolute atomic E-state index is 0.0311. The molecule has 4 nitrogen and oxygen atoms in total. The summed E-state index contributed by atoms with van der Waals surface area (Å²) in [5.41, 5.74) is 8.11. The van der Waals surface area contributed by atoms with Crippen LogP contribution in [0.3, 0.4) is 0 Å². The van der Waals surface area contributed by atoms with Crippen LogP contribution < -0.4 is 10.6 Å². The normalized spacial score (nSPS) is 24.0. The number of nitrogens with two attached hydrogens (primary N) is 1. The van der Waals surface area contributed by atoms with Crippen molar-refractivity contribution >= 4 is 11.6 Å². The molecule has 0 saturated heterocycles. The smallest absolute Gasteiger partial charge is 0.234 e. The maximum absolute atomic E-state index is 12.5. The first-order chi connectivity index (χ1) is 9.89. The van der Waals surface area contributed by atoms with E-state index in [1.165, 1.54) is 0 Å². The summed E-state index contributed by atoms with van der Waals surface area (Å²) in [6.07, 6.45) is 13.1. The second-order valence-electron chi connectivity index (χ2n) is 5.80. The van der Waals surface area contributed by atoms with Gasteiger partial charge in [0.15, 0.2) is 0 Å². The molecule has 110 valence electrons. The molecular formula is C17H21N3O. The van der Waals surface area contributed by atoms with Gasteiger partial charge in [0, 0.05) is 29.9 Å². The summed E-state index contributed by atoms with van der Waals surface area (Å²) in [6, 6.07) is 1.89. The molecule has 1 aromatic rings. The monoisotopic (exact) mass is 283 g/mol. The van der Waals surface area contributed by atoms with Crippen molar-refractivity contribution in [3.63, 3.8) is 0 Å². The molecule has 0 aliphatic carbocycles. The highest BCUT2D eigenvalue weighted by Crippen LogP contribution is 2.25. The van der Waals surface area contributed by atoms with Gasteiger partial charge in [0.05, 0.1) is 11.9 Å². The number of aryl methyl sites for hydroxylation is 1. The van der Waals surface area contributed by atoms with Crippen LogP contribution in [0.25, 0.3) is 0 Å². The Labute approximate surface area is 125 Å². The fourth-order valence-corrected chi connectivity index (χ4v) is 2.01. The molecule has 0 atom stereocenters. The molecular weight excluding hydrogens is 262 g/mol. The first-order valence-corrected chi connectivity index (χ1v) is 6.96. The molecule has 1 aromatic heterocycles. The third-order valence-corrected chi connectivity index (χ3v) is 3.41. The van der Waals surface area contributed by atoms with E-state index in [4.69, 9.17) is 5.73 Å². The zero-order valence-electron chi connectivity index (χ0n) is 12.7. The quantitative estimate of drug-likeness (QED) is 0.861. The summed E-state index contributed by atoms with van der Waals surface area (Å²) in [5.74, 6) is -0.0311. The summed E-state index contributed by atoms with van der Waals surface area (Å²) in [6.45, 7) is 6.09. The van der Waals surface area contributed by atoms with E-state index in [2.05, 4.69) is 18.8 Å². The van der Waals surface area contributed by atoms with Gasteiger partial charge in [0.1, 0.15) is 0 Å². The first-order valence-electron chi connectivity index (χ1n) is 6.96. The standard InChI is InChI=1S/C17H21N3O/c1-13-7-10-19-12-15(13)20-11-9-17(2,3)8-6-14(18)4-5-16(20)21/h4,6-12H,5,18H2,1-3H3/b8-6-,11-9-,14-4+. The number of hydrogen-bond donors (Lipinski definition) is 1. The van der Waals surface area contributed by atoms with E-state index >= 15 is 0 Å². The van der Waals surface area contributed by atoms with Gasteiger partial charge in [-0.25, -0.2) is 0 Å². The van der Waals surface area contributed by atoms with E-state index in [1.54, 1.807) is 23.4 Å². The molecule has 0 fully saturated rings. The lowest BCUT2D eigenvalue weighted by Gasteiger charge is -2.23. The largest absolute Gasteiger partial charge is 0.399 e. The Kier molecular flexibility index (Phi) is 4.26. The van der Waals surface area contributed by atoms with Crippen LogP contribution in [0.4, 0.5) is 5.69 Å². The molecule has 0 unspecified atom stereocenters. The van der Waals surface area contributed by atoms with Crippen molar-refractivity contribution in [1.82, 2.24) is 4.98 Å². The fourth-order valence-electron chi connectivity index (χ4n) is 2.01. The van der Waals surface area contributed by atoms with E-state index in [-0.39, 0.29) is 17.7 Å². The Morgan fingerprint density at radius 3 is 2.81 bits per heavy atom. The average Bonchev–Trinajstić information content (AvgIpc) is 2.44. The Morgan fingerprint density at radius 2 is 2.10 bits per heavy atom. The molecule has 2 N–H and O–H groups in total. The van der Waals surface area contributed by atoms with Gasteiger partial charge >= 0.3 is 0 Å². The van der Waals surface area contributed by atoms with Crippen molar-refractivity contribution in [2.75, 3.05) is 4.90 Å². The van der Waals surface area contributed by atoms with Crippen LogP contribution in [-0.2, 0) is 4.79 Å². The number of carbonyl (C=O) groups excluding carboxylic acids is 1. The maximum Gasteiger partial charge on any atom is 0.234 e. The lowest BCUT2D eigenvalue weighted by atomic mass is 9.92. The van der Waals surface area contributed by atoms with Crippen molar-refractivity contribution in [2.45, 2.75) is 27.2 Å². The van der Waals surface area contributed by atoms with Crippen LogP contribution in [0, 0.1) is 12.3 Å². The topological polar surface area (TPSA) is 59.2 Å². The third-order valence-electron chi connectivity index (χ3n) is 3.41. The fraction of sp³-hybridized carbons (Fsp3) is 0.294. The Balaban J connectivity index is 2.47. The number of hydrogen-bond acceptors (Lipinski definition) is 3. The molecule has 1 amide bonds. The highest BCUT2D eigenvalue weighted by atomic mass is 16.2. The highest BCUT2D eigenvalue weighted by Gasteiger charge is 2.17. The molecule has 1 aliphatic heterocycles. The molecule has 0 bridgehead atoms. The van der Waals surface area contributed by atoms with E-state index in [9.17, 15) is 4.79 Å². The number of allylic oxidation sites excluding steroid dienone is 3. The molecule has 0 spiro atoms. The van der Waals surface area contributed by atoms with Gasteiger partial charge < -0.3 is 5.73 Å². The highest BCUT2D eigenvalue weighted by molar-refractivity contribution is 5.96. The van der Waals surface area contributed by atoms with Crippen molar-refractivity contribution in [3.05, 3.63) is 60.2 Å². The van der Waals surface area contributed by atoms with E-state index in [0.29, 0.717) is 5.70 Å². The predicted octanol–water partition coefficient (Wildman–Crippen LogP) is 3.07. The molecule has 2 heterocycles. The first kappa shape index (κ1) is 15.0. The number of aromatic nitrogens is 1. The summed E-state index contributed by atoms with van der Waals surface area (Å²) < 4.78 is 0. The van der Waals surface area contributed by atoms with Crippen LogP contribution >= 0.6 is 0 Å². The predicted molar refractivity (Wildman–Crippen MR) is 85.4 cm³/mol.